The van der Waals surface area contributed by atoms with Crippen molar-refractivity contribution in [1.29, 1.82) is 0 Å². The van der Waals surface area contributed by atoms with Gasteiger partial charge in [-0.05, 0) is 57.0 Å². The predicted octanol–water partition coefficient (Wildman–Crippen LogP) is 3.64. The number of hydrogen-bond acceptors (Lipinski definition) is 3. The lowest BCUT2D eigenvalue weighted by Gasteiger charge is -2.49. The van der Waals surface area contributed by atoms with Gasteiger partial charge in [0, 0.05) is 34.7 Å². The molecule has 2 N–H and O–H groups in total. The zero-order chi connectivity index (χ0) is 17.7. The van der Waals surface area contributed by atoms with E-state index in [-0.39, 0.29) is 11.9 Å². The van der Waals surface area contributed by atoms with Crippen molar-refractivity contribution in [2.24, 2.45) is 5.92 Å². The Labute approximate surface area is 152 Å². The molecule has 134 valence electrons. The highest BCUT2D eigenvalue weighted by Gasteiger charge is 2.40. The van der Waals surface area contributed by atoms with Gasteiger partial charge in [-0.25, -0.2) is 0 Å². The minimum Gasteiger partial charge on any atom is -0.451 e. The number of carbonyl (C=O) groups is 1. The highest BCUT2D eigenvalue weighted by Crippen LogP contribution is 2.33. The minimum atomic E-state index is -0.110. The second kappa shape index (κ2) is 6.02. The number of nitrogens with one attached hydrogen (secondary N) is 2. The van der Waals surface area contributed by atoms with E-state index in [0.717, 1.165) is 35.3 Å². The maximum atomic E-state index is 12.8. The molecular weight excluding hydrogens is 326 g/mol. The third-order valence-corrected chi connectivity index (χ3v) is 6.16. The molecular formula is C21H23N3O2. The van der Waals surface area contributed by atoms with Gasteiger partial charge in [0.25, 0.3) is 5.91 Å². The molecule has 2 aromatic heterocycles. The normalized spacial score (nSPS) is 27.7. The van der Waals surface area contributed by atoms with Crippen LogP contribution in [-0.4, -0.2) is 41.0 Å². The quantitative estimate of drug-likeness (QED) is 0.759. The number of furan rings is 1. The zero-order valence-corrected chi connectivity index (χ0v) is 14.9. The van der Waals surface area contributed by atoms with Crippen LogP contribution >= 0.6 is 0 Å². The second-order valence-electron chi connectivity index (χ2n) is 7.53. The summed E-state index contributed by atoms with van der Waals surface area (Å²) in [5.41, 5.74) is 2.04. The van der Waals surface area contributed by atoms with Gasteiger partial charge in [-0.15, -0.1) is 0 Å². The van der Waals surface area contributed by atoms with E-state index in [2.05, 4.69) is 28.2 Å². The van der Waals surface area contributed by atoms with Gasteiger partial charge in [0.1, 0.15) is 5.76 Å². The first-order chi connectivity index (χ1) is 12.7. The smallest absolute Gasteiger partial charge is 0.287 e. The fraction of sp³-hybridized carbons (Fsp3) is 0.381. The van der Waals surface area contributed by atoms with Crippen LogP contribution in [0.15, 0.2) is 47.0 Å². The fourth-order valence-electron chi connectivity index (χ4n) is 4.65. The second-order valence-corrected chi connectivity index (χ2v) is 7.53. The summed E-state index contributed by atoms with van der Waals surface area (Å²) >= 11 is 0. The van der Waals surface area contributed by atoms with E-state index in [4.69, 9.17) is 4.42 Å². The number of nitrogens with zero attached hydrogens (tertiary/aromatic N) is 1. The van der Waals surface area contributed by atoms with E-state index >= 15 is 0 Å². The third kappa shape index (κ3) is 2.46. The van der Waals surface area contributed by atoms with E-state index in [1.807, 2.05) is 30.5 Å². The monoisotopic (exact) mass is 349 g/mol. The molecule has 2 bridgehead atoms. The largest absolute Gasteiger partial charge is 0.451 e. The zero-order valence-electron chi connectivity index (χ0n) is 14.9. The van der Waals surface area contributed by atoms with Crippen LogP contribution in [0.4, 0.5) is 0 Å². The van der Waals surface area contributed by atoms with E-state index in [1.54, 1.807) is 6.07 Å². The lowest BCUT2D eigenvalue weighted by Crippen LogP contribution is -2.62. The van der Waals surface area contributed by atoms with Crippen LogP contribution in [0.5, 0.6) is 0 Å². The van der Waals surface area contributed by atoms with Crippen molar-refractivity contribution in [1.82, 2.24) is 15.2 Å². The Balaban J connectivity index is 1.37. The molecule has 6 rings (SSSR count). The topological polar surface area (TPSA) is 61.3 Å². The number of para-hydroxylation sites is 1. The molecule has 0 spiro atoms. The Morgan fingerprint density at radius 1 is 1.19 bits per heavy atom. The Morgan fingerprint density at radius 3 is 2.81 bits per heavy atom. The molecule has 2 atom stereocenters. The number of fused-ring (bicyclic) bond motifs is 4. The van der Waals surface area contributed by atoms with E-state index < -0.39 is 0 Å². The lowest BCUT2D eigenvalue weighted by molar-refractivity contribution is 0.0211. The Hall–Kier alpha value is -2.53. The molecule has 0 aliphatic carbocycles. The van der Waals surface area contributed by atoms with Crippen LogP contribution in [0, 0.1) is 5.92 Å². The number of benzene rings is 1. The number of rotatable bonds is 3. The van der Waals surface area contributed by atoms with Crippen LogP contribution in [-0.2, 0) is 0 Å². The third-order valence-electron chi connectivity index (χ3n) is 6.16. The first kappa shape index (κ1) is 15.7. The molecule has 0 saturated carbocycles. The van der Waals surface area contributed by atoms with Crippen molar-refractivity contribution in [3.8, 4) is 11.3 Å². The fourth-order valence-corrected chi connectivity index (χ4v) is 4.65. The summed E-state index contributed by atoms with van der Waals surface area (Å²) in [4.78, 5) is 18.5. The lowest BCUT2D eigenvalue weighted by atomic mass is 9.79. The van der Waals surface area contributed by atoms with E-state index in [1.165, 1.54) is 12.8 Å². The Kier molecular flexibility index (Phi) is 3.64. The van der Waals surface area contributed by atoms with Crippen LogP contribution < -0.4 is 5.32 Å². The van der Waals surface area contributed by atoms with Crippen LogP contribution in [0.1, 0.15) is 30.3 Å². The summed E-state index contributed by atoms with van der Waals surface area (Å²) in [6, 6.07) is 12.4. The molecule has 5 nitrogen and oxygen atoms in total. The first-order valence-corrected chi connectivity index (χ1v) is 9.42. The summed E-state index contributed by atoms with van der Waals surface area (Å²) < 4.78 is 5.91. The number of H-pyrrole nitrogens is 1. The molecule has 0 radical (unpaired) electrons. The van der Waals surface area contributed by atoms with Gasteiger partial charge in [0.15, 0.2) is 5.76 Å². The van der Waals surface area contributed by atoms with Gasteiger partial charge in [-0.3, -0.25) is 9.69 Å². The summed E-state index contributed by atoms with van der Waals surface area (Å²) in [6.07, 6.45) is 4.28. The molecule has 3 aromatic rings. The Bertz CT molecular complexity index is 947. The molecule has 1 aromatic carbocycles. The molecule has 3 aliphatic heterocycles. The van der Waals surface area contributed by atoms with Gasteiger partial charge in [0.05, 0.1) is 0 Å². The highest BCUT2D eigenvalue weighted by atomic mass is 16.3. The molecule has 26 heavy (non-hydrogen) atoms. The van der Waals surface area contributed by atoms with Gasteiger partial charge in [-0.2, -0.15) is 0 Å². The number of amides is 1. The van der Waals surface area contributed by atoms with Crippen molar-refractivity contribution in [3.05, 3.63) is 48.4 Å². The summed E-state index contributed by atoms with van der Waals surface area (Å²) in [5.74, 6) is 1.58. The molecule has 3 saturated heterocycles. The van der Waals surface area contributed by atoms with Crippen molar-refractivity contribution >= 4 is 16.8 Å². The maximum Gasteiger partial charge on any atom is 0.287 e. The average Bonchev–Trinajstić information content (AvgIpc) is 3.31. The van der Waals surface area contributed by atoms with Crippen LogP contribution in [0.3, 0.4) is 0 Å². The number of piperidine rings is 3. The summed E-state index contributed by atoms with van der Waals surface area (Å²) in [7, 11) is 0. The van der Waals surface area contributed by atoms with Crippen molar-refractivity contribution in [2.75, 3.05) is 13.1 Å². The van der Waals surface area contributed by atoms with E-state index in [0.29, 0.717) is 17.7 Å². The van der Waals surface area contributed by atoms with Crippen LogP contribution in [0.25, 0.3) is 22.2 Å². The molecule has 5 heteroatoms. The molecule has 1 amide bonds. The van der Waals surface area contributed by atoms with Crippen molar-refractivity contribution < 1.29 is 9.21 Å². The summed E-state index contributed by atoms with van der Waals surface area (Å²) in [5, 5.41) is 4.33. The van der Waals surface area contributed by atoms with Gasteiger partial charge in [-0.1, -0.05) is 18.2 Å². The molecule has 5 heterocycles. The average molecular weight is 349 g/mol. The first-order valence-electron chi connectivity index (χ1n) is 9.42. The minimum absolute atomic E-state index is 0.110. The van der Waals surface area contributed by atoms with Gasteiger partial charge < -0.3 is 14.7 Å². The number of aromatic amines is 1. The Morgan fingerprint density at radius 2 is 2.00 bits per heavy atom. The van der Waals surface area contributed by atoms with E-state index in [9.17, 15) is 4.79 Å². The van der Waals surface area contributed by atoms with Crippen LogP contribution in [0.2, 0.25) is 0 Å². The number of hydrogen-bond donors (Lipinski definition) is 2. The number of carbonyl (C=O) groups excluding carboxylic acids is 1. The molecule has 2 unspecified atom stereocenters. The maximum absolute atomic E-state index is 12.8. The predicted molar refractivity (Wildman–Crippen MR) is 101 cm³/mol. The highest BCUT2D eigenvalue weighted by molar-refractivity contribution is 5.96. The van der Waals surface area contributed by atoms with Crippen molar-refractivity contribution in [3.63, 3.8) is 0 Å². The van der Waals surface area contributed by atoms with Gasteiger partial charge >= 0.3 is 0 Å². The summed E-state index contributed by atoms with van der Waals surface area (Å²) in [6.45, 7) is 4.53. The van der Waals surface area contributed by atoms with Crippen molar-refractivity contribution in [2.45, 2.75) is 31.8 Å². The molecule has 3 aliphatic rings. The SMILES string of the molecule is CC1C(NC(=O)c2ccc(-c3c[nH]c4ccccc34)o2)C2CCN1CC2. The molecule has 3 fully saturated rings. The number of aromatic nitrogens is 1. The standard InChI is InChI=1S/C21H23N3O2/c1-13-20(14-8-10-24(13)11-9-14)23-21(25)19-7-6-18(26-19)16-12-22-17-5-3-2-4-15(16)17/h2-7,12-14,20,22H,8-11H2,1H3,(H,23,25). The van der Waals surface area contributed by atoms with Gasteiger partial charge in [0.2, 0.25) is 0 Å².